The van der Waals surface area contributed by atoms with Gasteiger partial charge in [0.2, 0.25) is 5.91 Å². The summed E-state index contributed by atoms with van der Waals surface area (Å²) in [5.41, 5.74) is 0. The van der Waals surface area contributed by atoms with Crippen LogP contribution in [0.15, 0.2) is 24.3 Å². The summed E-state index contributed by atoms with van der Waals surface area (Å²) in [6.45, 7) is 3.44. The Bertz CT molecular complexity index is 461. The third-order valence-corrected chi connectivity index (χ3v) is 4.03. The molecule has 0 radical (unpaired) electrons. The Morgan fingerprint density at radius 1 is 1.44 bits per heavy atom. The number of aliphatic carboxylic acids is 1. The van der Waals surface area contributed by atoms with Gasteiger partial charge in [-0.3, -0.25) is 9.59 Å². The van der Waals surface area contributed by atoms with Crippen molar-refractivity contribution in [2.45, 2.75) is 64.0 Å². The maximum atomic E-state index is 12.2. The number of unbranched alkanes of at least 4 members (excludes halogenated alkanes) is 1. The molecule has 0 aromatic rings. The fourth-order valence-electron chi connectivity index (χ4n) is 2.72. The van der Waals surface area contributed by atoms with Crippen LogP contribution < -0.4 is 0 Å². The van der Waals surface area contributed by atoms with E-state index in [9.17, 15) is 14.7 Å². The maximum Gasteiger partial charge on any atom is 0.303 e. The molecule has 2 N–H and O–H groups in total. The molecule has 1 aliphatic rings. The Labute approximate surface area is 150 Å². The van der Waals surface area contributed by atoms with E-state index in [1.54, 1.807) is 6.08 Å². The first-order valence-electron chi connectivity index (χ1n) is 9.15. The lowest BCUT2D eigenvalue weighted by Gasteiger charge is -2.33. The minimum atomic E-state index is -0.786. The fraction of sp³-hybridized carbons (Fsp3) is 0.684. The first-order chi connectivity index (χ1) is 12.0. The second-order valence-electron chi connectivity index (χ2n) is 6.29. The largest absolute Gasteiger partial charge is 0.481 e. The van der Waals surface area contributed by atoms with Gasteiger partial charge in [0.1, 0.15) is 0 Å². The van der Waals surface area contributed by atoms with Crippen molar-refractivity contribution in [2.24, 2.45) is 0 Å². The van der Waals surface area contributed by atoms with Crippen molar-refractivity contribution in [1.29, 1.82) is 0 Å². The molecule has 0 bridgehead atoms. The molecule has 1 unspecified atom stereocenters. The fourth-order valence-corrected chi connectivity index (χ4v) is 2.72. The van der Waals surface area contributed by atoms with Crippen LogP contribution in [0.4, 0.5) is 0 Å². The first-order valence-corrected chi connectivity index (χ1v) is 9.15. The summed E-state index contributed by atoms with van der Waals surface area (Å²) in [6.07, 6.45) is 11.5. The molecule has 1 amide bonds. The van der Waals surface area contributed by atoms with E-state index in [1.807, 2.05) is 30.1 Å². The Morgan fingerprint density at radius 2 is 2.24 bits per heavy atom. The standard InChI is InChI=1S/C19H31NO5/c1-2-14-25-15-17(21)12-11-16-8-7-9-18(22)20(16)13-6-4-3-5-10-19(23)24/h4,6,11-12,16-17,21H,2-3,5,7-10,13-15H2,1H3,(H,23,24)/b6-4-,12-11+/t16-,17?/m1/s1. The zero-order valence-electron chi connectivity index (χ0n) is 15.1. The Morgan fingerprint density at radius 3 is 2.96 bits per heavy atom. The number of allylic oxidation sites excluding steroid dienone is 1. The molecule has 6 heteroatoms. The van der Waals surface area contributed by atoms with Crippen LogP contribution in [0.5, 0.6) is 0 Å². The van der Waals surface area contributed by atoms with E-state index in [4.69, 9.17) is 9.84 Å². The van der Waals surface area contributed by atoms with Crippen LogP contribution in [0.3, 0.4) is 0 Å². The van der Waals surface area contributed by atoms with Gasteiger partial charge in [-0.05, 0) is 32.1 Å². The summed E-state index contributed by atoms with van der Waals surface area (Å²) in [5, 5.41) is 18.5. The van der Waals surface area contributed by atoms with Gasteiger partial charge in [0.05, 0.1) is 18.8 Å². The molecule has 1 rings (SSSR count). The summed E-state index contributed by atoms with van der Waals surface area (Å²) in [5.74, 6) is -0.668. The SMILES string of the molecule is CCCOCC(O)/C=C/[C@H]1CCCC(=O)N1C/C=C\CCCC(=O)O. The molecular weight excluding hydrogens is 322 g/mol. The quantitative estimate of drug-likeness (QED) is 0.416. The number of carbonyl (C=O) groups excluding carboxylic acids is 1. The molecule has 0 aliphatic carbocycles. The molecule has 1 aliphatic heterocycles. The monoisotopic (exact) mass is 353 g/mol. The number of carboxylic acid groups (broad SMARTS) is 1. The van der Waals surface area contributed by atoms with Crippen LogP contribution >= 0.6 is 0 Å². The Hall–Kier alpha value is -1.66. The smallest absolute Gasteiger partial charge is 0.303 e. The van der Waals surface area contributed by atoms with E-state index in [-0.39, 0.29) is 25.0 Å². The molecule has 1 heterocycles. The third kappa shape index (κ3) is 9.41. The van der Waals surface area contributed by atoms with Crippen LogP contribution in [0.2, 0.25) is 0 Å². The van der Waals surface area contributed by atoms with Crippen LogP contribution in [0.25, 0.3) is 0 Å². The second-order valence-corrected chi connectivity index (χ2v) is 6.29. The van der Waals surface area contributed by atoms with Crippen LogP contribution in [-0.2, 0) is 14.3 Å². The van der Waals surface area contributed by atoms with Gasteiger partial charge in [-0.25, -0.2) is 0 Å². The lowest BCUT2D eigenvalue weighted by molar-refractivity contribution is -0.137. The minimum absolute atomic E-state index is 0.00857. The third-order valence-electron chi connectivity index (χ3n) is 4.03. The zero-order chi connectivity index (χ0) is 18.5. The van der Waals surface area contributed by atoms with Crippen LogP contribution in [0.1, 0.15) is 51.9 Å². The molecule has 1 fully saturated rings. The van der Waals surface area contributed by atoms with Gasteiger partial charge in [0.25, 0.3) is 0 Å². The van der Waals surface area contributed by atoms with Crippen LogP contribution in [-0.4, -0.2) is 58.9 Å². The highest BCUT2D eigenvalue weighted by Crippen LogP contribution is 2.19. The van der Waals surface area contributed by atoms with Crippen molar-refractivity contribution < 1.29 is 24.5 Å². The summed E-state index contributed by atoms with van der Waals surface area (Å²) >= 11 is 0. The number of nitrogens with zero attached hydrogens (tertiary/aromatic N) is 1. The number of likely N-dealkylation sites (tertiary alicyclic amines) is 1. The summed E-state index contributed by atoms with van der Waals surface area (Å²) in [7, 11) is 0. The number of aliphatic hydroxyl groups excluding tert-OH is 1. The highest BCUT2D eigenvalue weighted by atomic mass is 16.5. The van der Waals surface area contributed by atoms with Gasteiger partial charge >= 0.3 is 5.97 Å². The second kappa shape index (κ2) is 12.7. The predicted molar refractivity (Wildman–Crippen MR) is 96.2 cm³/mol. The normalized spacial score (nSPS) is 19.8. The van der Waals surface area contributed by atoms with Gasteiger partial charge in [-0.1, -0.05) is 31.2 Å². The van der Waals surface area contributed by atoms with E-state index in [1.165, 1.54) is 0 Å². The number of ether oxygens (including phenoxy) is 1. The number of aliphatic hydroxyl groups is 1. The van der Waals surface area contributed by atoms with E-state index in [2.05, 4.69) is 0 Å². The Kier molecular flexibility index (Phi) is 10.8. The molecule has 142 valence electrons. The topological polar surface area (TPSA) is 87.1 Å². The van der Waals surface area contributed by atoms with Gasteiger partial charge in [-0.15, -0.1) is 0 Å². The summed E-state index contributed by atoms with van der Waals surface area (Å²) < 4.78 is 5.32. The summed E-state index contributed by atoms with van der Waals surface area (Å²) in [4.78, 5) is 24.4. The number of amides is 1. The van der Waals surface area contributed by atoms with Gasteiger partial charge < -0.3 is 19.8 Å². The van der Waals surface area contributed by atoms with E-state index >= 15 is 0 Å². The molecule has 25 heavy (non-hydrogen) atoms. The molecule has 0 aromatic carbocycles. The Balaban J connectivity index is 2.45. The molecule has 0 aromatic heterocycles. The molecule has 6 nitrogen and oxygen atoms in total. The minimum Gasteiger partial charge on any atom is -0.481 e. The van der Waals surface area contributed by atoms with Crippen LogP contribution in [0, 0.1) is 0 Å². The average Bonchev–Trinajstić information content (AvgIpc) is 2.57. The number of piperidine rings is 1. The van der Waals surface area contributed by atoms with Crippen molar-refractivity contribution in [3.63, 3.8) is 0 Å². The summed E-state index contributed by atoms with van der Waals surface area (Å²) in [6, 6.07) is -0.00857. The number of carbonyl (C=O) groups is 2. The van der Waals surface area contributed by atoms with Gasteiger partial charge in [0, 0.05) is 26.0 Å². The number of carboxylic acids is 1. The number of hydrogen-bond acceptors (Lipinski definition) is 4. The van der Waals surface area contributed by atoms with E-state index in [0.717, 1.165) is 19.3 Å². The lowest BCUT2D eigenvalue weighted by atomic mass is 10.0. The molecule has 0 saturated carbocycles. The molecule has 2 atom stereocenters. The molecule has 1 saturated heterocycles. The first kappa shape index (κ1) is 21.4. The zero-order valence-corrected chi connectivity index (χ0v) is 15.1. The highest BCUT2D eigenvalue weighted by Gasteiger charge is 2.25. The average molecular weight is 353 g/mol. The maximum absolute atomic E-state index is 12.2. The number of hydrogen-bond donors (Lipinski definition) is 2. The van der Waals surface area contributed by atoms with E-state index in [0.29, 0.717) is 32.4 Å². The van der Waals surface area contributed by atoms with Crippen molar-refractivity contribution in [3.8, 4) is 0 Å². The van der Waals surface area contributed by atoms with E-state index < -0.39 is 12.1 Å². The van der Waals surface area contributed by atoms with Crippen molar-refractivity contribution in [3.05, 3.63) is 24.3 Å². The lowest BCUT2D eigenvalue weighted by Crippen LogP contribution is -2.42. The van der Waals surface area contributed by atoms with Crippen molar-refractivity contribution in [1.82, 2.24) is 4.90 Å². The highest BCUT2D eigenvalue weighted by molar-refractivity contribution is 5.77. The van der Waals surface area contributed by atoms with Gasteiger partial charge in [0.15, 0.2) is 0 Å². The number of rotatable bonds is 12. The molecule has 0 spiro atoms. The predicted octanol–water partition coefficient (Wildman–Crippen LogP) is 2.52. The van der Waals surface area contributed by atoms with Crippen molar-refractivity contribution in [2.75, 3.05) is 19.8 Å². The molecular formula is C19H31NO5. The van der Waals surface area contributed by atoms with Crippen molar-refractivity contribution >= 4 is 11.9 Å². The van der Waals surface area contributed by atoms with Gasteiger partial charge in [-0.2, -0.15) is 0 Å².